The fraction of sp³-hybridized carbons (Fsp3) is 0. The Balaban J connectivity index is 0.00000363. The molecule has 4 aromatic heterocycles. The molecule has 0 atom stereocenters. The van der Waals surface area contributed by atoms with Gasteiger partial charge in [-0.05, 0) is 66.0 Å². The molecule has 8 heteroatoms. The van der Waals surface area contributed by atoms with Crippen LogP contribution in [0.25, 0.3) is 71.5 Å². The predicted molar refractivity (Wildman–Crippen MR) is 219 cm³/mol. The van der Waals surface area contributed by atoms with Crippen LogP contribution in [0.1, 0.15) is 0 Å². The molecule has 7 nitrogen and oxygen atoms in total. The molecule has 270 valence electrons. The van der Waals surface area contributed by atoms with Crippen LogP contribution in [-0.2, 0) is 21.1 Å². The van der Waals surface area contributed by atoms with E-state index in [4.69, 9.17) is 18.6 Å². The Morgan fingerprint density at radius 3 is 2.12 bits per heavy atom. The van der Waals surface area contributed by atoms with Crippen molar-refractivity contribution < 1.29 is 34.6 Å². The number of aromatic nitrogens is 2. The SMILES string of the molecule is [Pt].[c-]1c(N2[CH-]N(c3ccccc3)c3ccccc32)cc2c(oc3ccc4oc5ccccc5c4c32)c1Oc1[c-]c2c(cc1)c1ccccc1n2-c1ccccn1. The molecular weight excluding hydrogens is 876 g/mol. The molecule has 0 fully saturated rings. The van der Waals surface area contributed by atoms with Crippen LogP contribution in [0.5, 0.6) is 11.5 Å². The van der Waals surface area contributed by atoms with Crippen molar-refractivity contribution in [2.24, 2.45) is 0 Å². The summed E-state index contributed by atoms with van der Waals surface area (Å²) in [7, 11) is 0. The molecule has 0 amide bonds. The van der Waals surface area contributed by atoms with Gasteiger partial charge in [0.2, 0.25) is 0 Å². The summed E-state index contributed by atoms with van der Waals surface area (Å²) in [6.45, 7) is 2.11. The molecule has 7 aromatic carbocycles. The molecule has 1 aliphatic heterocycles. The second-order valence-corrected chi connectivity index (χ2v) is 13.6. The van der Waals surface area contributed by atoms with Crippen molar-refractivity contribution in [2.45, 2.75) is 0 Å². The smallest absolute Gasteiger partial charge is 0.136 e. The van der Waals surface area contributed by atoms with Gasteiger partial charge in [-0.25, -0.2) is 4.98 Å². The predicted octanol–water partition coefficient (Wildman–Crippen LogP) is 12.8. The average molecular weight is 903 g/mol. The van der Waals surface area contributed by atoms with Gasteiger partial charge in [0.05, 0.1) is 11.3 Å². The minimum atomic E-state index is 0. The van der Waals surface area contributed by atoms with E-state index in [2.05, 4.69) is 118 Å². The molecule has 0 bridgehead atoms. The molecule has 5 heterocycles. The number of furan rings is 2. The van der Waals surface area contributed by atoms with E-state index < -0.39 is 0 Å². The molecule has 0 spiro atoms. The van der Waals surface area contributed by atoms with Gasteiger partial charge in [0.25, 0.3) is 0 Å². The van der Waals surface area contributed by atoms with Gasteiger partial charge in [-0.15, -0.1) is 36.3 Å². The van der Waals surface area contributed by atoms with Crippen LogP contribution in [0, 0.1) is 18.8 Å². The fourth-order valence-corrected chi connectivity index (χ4v) is 8.15. The molecule has 11 aromatic rings. The Morgan fingerprint density at radius 2 is 1.29 bits per heavy atom. The van der Waals surface area contributed by atoms with Crippen molar-refractivity contribution in [2.75, 3.05) is 9.80 Å². The number of ether oxygens (including phenoxy) is 1. The maximum Gasteiger partial charge on any atom is 0.136 e. The van der Waals surface area contributed by atoms with Crippen molar-refractivity contribution in [3.63, 3.8) is 0 Å². The molecule has 0 N–H and O–H groups in total. The summed E-state index contributed by atoms with van der Waals surface area (Å²) in [6, 6.07) is 58.5. The van der Waals surface area contributed by atoms with E-state index in [1.54, 1.807) is 0 Å². The van der Waals surface area contributed by atoms with E-state index in [0.717, 1.165) is 88.7 Å². The summed E-state index contributed by atoms with van der Waals surface area (Å²) in [4.78, 5) is 9.06. The zero-order valence-corrected chi connectivity index (χ0v) is 31.7. The van der Waals surface area contributed by atoms with Crippen LogP contribution >= 0.6 is 0 Å². The Bertz CT molecular complexity index is 3300. The first kappa shape index (κ1) is 32.6. The van der Waals surface area contributed by atoms with Gasteiger partial charge in [-0.1, -0.05) is 89.4 Å². The number of hydrogen-bond acceptors (Lipinski definition) is 6. The van der Waals surface area contributed by atoms with Crippen LogP contribution in [0.15, 0.2) is 167 Å². The molecular formula is C48H27N4O3Pt-3. The van der Waals surface area contributed by atoms with Gasteiger partial charge in [0, 0.05) is 71.7 Å². The third-order valence-electron chi connectivity index (χ3n) is 10.5. The Hall–Kier alpha value is -6.82. The molecule has 0 saturated heterocycles. The number of anilines is 4. The van der Waals surface area contributed by atoms with E-state index in [1.807, 2.05) is 72.9 Å². The minimum Gasteiger partial charge on any atom is -0.512 e. The van der Waals surface area contributed by atoms with E-state index in [9.17, 15) is 0 Å². The standard InChI is InChI=1S/C48H27N4O3.Pt/c1-2-12-30(13-3-1)50-29-51(39-18-8-7-17-38(39)50)31-26-36-47-43(24-23-42-46(47)35-15-5-9-19-41(35)54-42)55-48(36)44(27-31)53-32-21-22-34-33-14-4-6-16-37(33)52(40(34)28-32)45-20-10-11-25-49-45;/h1-26,29H;/q-3;. The monoisotopic (exact) mass is 902 g/mol. The van der Waals surface area contributed by atoms with Gasteiger partial charge in [0.15, 0.2) is 0 Å². The quantitative estimate of drug-likeness (QED) is 0.160. The summed E-state index contributed by atoms with van der Waals surface area (Å²) in [5.41, 5.74) is 8.78. The molecule has 12 rings (SSSR count). The fourth-order valence-electron chi connectivity index (χ4n) is 8.15. The summed E-state index contributed by atoms with van der Waals surface area (Å²) >= 11 is 0. The minimum absolute atomic E-state index is 0. The number of pyridine rings is 1. The number of rotatable bonds is 5. The first-order valence-corrected chi connectivity index (χ1v) is 18.1. The van der Waals surface area contributed by atoms with Gasteiger partial charge in [-0.2, -0.15) is 6.07 Å². The van der Waals surface area contributed by atoms with Crippen molar-refractivity contribution in [3.8, 4) is 17.3 Å². The van der Waals surface area contributed by atoms with Crippen LogP contribution in [0.4, 0.5) is 22.7 Å². The summed E-state index contributed by atoms with van der Waals surface area (Å²) in [5, 5.41) is 6.04. The van der Waals surface area contributed by atoms with E-state index in [0.29, 0.717) is 17.1 Å². The van der Waals surface area contributed by atoms with Crippen molar-refractivity contribution in [1.82, 2.24) is 9.55 Å². The van der Waals surface area contributed by atoms with Gasteiger partial charge in [-0.3, -0.25) is 0 Å². The zero-order valence-electron chi connectivity index (χ0n) is 29.4. The van der Waals surface area contributed by atoms with Crippen LogP contribution in [-0.4, -0.2) is 9.55 Å². The molecule has 0 saturated carbocycles. The Kier molecular flexibility index (Phi) is 7.35. The largest absolute Gasteiger partial charge is 0.512 e. The van der Waals surface area contributed by atoms with Crippen molar-refractivity contribution in [1.29, 1.82) is 0 Å². The molecule has 56 heavy (non-hydrogen) atoms. The third-order valence-corrected chi connectivity index (χ3v) is 10.5. The first-order chi connectivity index (χ1) is 27.3. The third kappa shape index (κ3) is 4.84. The van der Waals surface area contributed by atoms with Crippen molar-refractivity contribution >= 4 is 88.4 Å². The van der Waals surface area contributed by atoms with Gasteiger partial charge in [0.1, 0.15) is 22.6 Å². The molecule has 0 aliphatic carbocycles. The normalized spacial score (nSPS) is 12.7. The topological polar surface area (TPSA) is 59.8 Å². The van der Waals surface area contributed by atoms with E-state index in [1.165, 1.54) is 0 Å². The molecule has 1 aliphatic rings. The van der Waals surface area contributed by atoms with Crippen LogP contribution in [0.3, 0.4) is 0 Å². The maximum absolute atomic E-state index is 6.88. The number of fused-ring (bicyclic) bond motifs is 11. The average Bonchev–Trinajstić information content (AvgIpc) is 4.00. The van der Waals surface area contributed by atoms with E-state index in [-0.39, 0.29) is 21.1 Å². The Labute approximate surface area is 334 Å². The van der Waals surface area contributed by atoms with Crippen molar-refractivity contribution in [3.05, 3.63) is 177 Å². The number of hydrogen-bond donors (Lipinski definition) is 0. The second-order valence-electron chi connectivity index (χ2n) is 13.6. The summed E-state index contributed by atoms with van der Waals surface area (Å²) in [5.74, 6) is 1.78. The number of nitrogens with zero attached hydrogens (tertiary/aromatic N) is 4. The van der Waals surface area contributed by atoms with E-state index >= 15 is 0 Å². The second kappa shape index (κ2) is 12.6. The van der Waals surface area contributed by atoms with Gasteiger partial charge >= 0.3 is 0 Å². The summed E-state index contributed by atoms with van der Waals surface area (Å²) in [6.07, 6.45) is 1.81. The van der Waals surface area contributed by atoms with Gasteiger partial charge < -0.3 is 27.9 Å². The van der Waals surface area contributed by atoms with Crippen LogP contribution < -0.4 is 14.5 Å². The zero-order chi connectivity index (χ0) is 36.0. The molecule has 0 radical (unpaired) electrons. The first-order valence-electron chi connectivity index (χ1n) is 18.1. The van der Waals surface area contributed by atoms with Crippen LogP contribution in [0.2, 0.25) is 0 Å². The Morgan fingerprint density at radius 1 is 0.571 bits per heavy atom. The molecule has 0 unspecified atom stereocenters. The number of para-hydroxylation sites is 5. The maximum atomic E-state index is 6.88. The summed E-state index contributed by atoms with van der Waals surface area (Å²) < 4.78 is 22.1. The number of benzene rings is 7.